The third-order valence-corrected chi connectivity index (χ3v) is 4.56. The molecule has 0 unspecified atom stereocenters. The first-order chi connectivity index (χ1) is 10.8. The largest absolute Gasteiger partial charge is 0.368 e. The molecule has 0 aliphatic rings. The van der Waals surface area contributed by atoms with E-state index in [4.69, 9.17) is 0 Å². The summed E-state index contributed by atoms with van der Waals surface area (Å²) in [5.74, 6) is 1.93. The first-order valence-electron chi connectivity index (χ1n) is 7.17. The predicted molar refractivity (Wildman–Crippen MR) is 90.4 cm³/mol. The molecule has 3 aromatic heterocycles. The van der Waals surface area contributed by atoms with Gasteiger partial charge in [-0.2, -0.15) is 0 Å². The van der Waals surface area contributed by atoms with Gasteiger partial charge < -0.3 is 9.88 Å². The Balaban J connectivity index is 1.55. The minimum Gasteiger partial charge on any atom is -0.368 e. The van der Waals surface area contributed by atoms with Gasteiger partial charge in [0.05, 0.1) is 16.4 Å². The highest BCUT2D eigenvalue weighted by Gasteiger charge is 2.07. The second-order valence-corrected chi connectivity index (χ2v) is 5.98. The van der Waals surface area contributed by atoms with Crippen LogP contribution in [0, 0.1) is 6.92 Å². The molecule has 0 bridgehead atoms. The van der Waals surface area contributed by atoms with Crippen LogP contribution in [0.2, 0.25) is 0 Å². The lowest BCUT2D eigenvalue weighted by Gasteiger charge is -2.09. The van der Waals surface area contributed by atoms with Gasteiger partial charge >= 0.3 is 0 Å². The second-order valence-electron chi connectivity index (χ2n) is 5.09. The Morgan fingerprint density at radius 1 is 1.18 bits per heavy atom. The number of nitrogens with zero attached hydrogens (tertiary/aromatic N) is 4. The molecule has 1 N–H and O–H groups in total. The summed E-state index contributed by atoms with van der Waals surface area (Å²) in [5, 5.41) is 6.53. The number of hydrogen-bond acceptors (Lipinski definition) is 5. The first-order valence-corrected chi connectivity index (χ1v) is 8.05. The fourth-order valence-corrected chi connectivity index (χ4v) is 3.43. The first kappa shape index (κ1) is 13.2. The summed E-state index contributed by atoms with van der Waals surface area (Å²) >= 11 is 1.63. The van der Waals surface area contributed by atoms with Crippen molar-refractivity contribution in [1.29, 1.82) is 0 Å². The van der Waals surface area contributed by atoms with Crippen molar-refractivity contribution >= 4 is 38.4 Å². The van der Waals surface area contributed by atoms with Crippen molar-refractivity contribution < 1.29 is 0 Å². The maximum absolute atomic E-state index is 4.59. The molecule has 0 saturated heterocycles. The minimum atomic E-state index is 0.795. The van der Waals surface area contributed by atoms with Crippen LogP contribution in [-0.2, 0) is 6.54 Å². The lowest BCUT2D eigenvalue weighted by molar-refractivity contribution is 0.720. The van der Waals surface area contributed by atoms with Gasteiger partial charge in [-0.3, -0.25) is 0 Å². The van der Waals surface area contributed by atoms with Crippen LogP contribution < -0.4 is 5.32 Å². The van der Waals surface area contributed by atoms with Crippen molar-refractivity contribution in [2.75, 3.05) is 11.9 Å². The zero-order valence-corrected chi connectivity index (χ0v) is 13.0. The molecule has 0 aliphatic carbocycles. The van der Waals surface area contributed by atoms with Crippen LogP contribution in [0.5, 0.6) is 0 Å². The molecule has 0 spiro atoms. The van der Waals surface area contributed by atoms with E-state index in [1.54, 1.807) is 17.7 Å². The van der Waals surface area contributed by atoms with Gasteiger partial charge in [0, 0.05) is 13.1 Å². The Hall–Kier alpha value is -2.47. The number of nitrogens with one attached hydrogen (secondary N) is 1. The average molecular weight is 309 g/mol. The maximum Gasteiger partial charge on any atom is 0.138 e. The molecule has 0 fully saturated rings. The maximum atomic E-state index is 4.59. The van der Waals surface area contributed by atoms with Crippen molar-refractivity contribution in [3.8, 4) is 0 Å². The van der Waals surface area contributed by atoms with E-state index < -0.39 is 0 Å². The van der Waals surface area contributed by atoms with Crippen LogP contribution >= 0.6 is 11.3 Å². The lowest BCUT2D eigenvalue weighted by atomic mass is 10.3. The number of aromatic nitrogens is 4. The Kier molecular flexibility index (Phi) is 3.23. The van der Waals surface area contributed by atoms with Crippen LogP contribution in [0.15, 0.2) is 42.0 Å². The molecule has 5 nitrogen and oxygen atoms in total. The van der Waals surface area contributed by atoms with Gasteiger partial charge in [-0.05, 0) is 30.5 Å². The molecule has 0 atom stereocenters. The molecule has 22 heavy (non-hydrogen) atoms. The molecule has 0 saturated carbocycles. The van der Waals surface area contributed by atoms with Gasteiger partial charge in [0.25, 0.3) is 0 Å². The summed E-state index contributed by atoms with van der Waals surface area (Å²) in [5.41, 5.74) is 2.22. The Bertz CT molecular complexity index is 940. The number of imidazole rings is 1. The van der Waals surface area contributed by atoms with Crippen molar-refractivity contribution in [3.05, 3.63) is 47.9 Å². The number of benzene rings is 1. The van der Waals surface area contributed by atoms with Crippen LogP contribution in [-0.4, -0.2) is 26.1 Å². The molecule has 110 valence electrons. The number of hydrogen-bond donors (Lipinski definition) is 1. The van der Waals surface area contributed by atoms with E-state index in [0.29, 0.717) is 0 Å². The van der Waals surface area contributed by atoms with E-state index >= 15 is 0 Å². The monoisotopic (exact) mass is 309 g/mol. The highest BCUT2D eigenvalue weighted by atomic mass is 32.1. The predicted octanol–water partition coefficient (Wildman–Crippen LogP) is 3.46. The van der Waals surface area contributed by atoms with Gasteiger partial charge in [0.15, 0.2) is 0 Å². The normalized spacial score (nSPS) is 11.3. The molecule has 0 radical (unpaired) electrons. The number of anilines is 1. The Morgan fingerprint density at radius 3 is 3.05 bits per heavy atom. The van der Waals surface area contributed by atoms with Crippen LogP contribution in [0.3, 0.4) is 0 Å². The van der Waals surface area contributed by atoms with Gasteiger partial charge in [-0.1, -0.05) is 12.1 Å². The summed E-state index contributed by atoms with van der Waals surface area (Å²) in [6, 6.07) is 10.3. The van der Waals surface area contributed by atoms with Crippen LogP contribution in [0.4, 0.5) is 5.82 Å². The second kappa shape index (κ2) is 5.38. The van der Waals surface area contributed by atoms with E-state index in [1.807, 2.05) is 30.5 Å². The van der Waals surface area contributed by atoms with E-state index in [9.17, 15) is 0 Å². The third-order valence-electron chi connectivity index (χ3n) is 3.73. The molecule has 0 aliphatic heterocycles. The average Bonchev–Trinajstić information content (AvgIpc) is 3.12. The van der Waals surface area contributed by atoms with Crippen molar-refractivity contribution in [2.45, 2.75) is 13.5 Å². The minimum absolute atomic E-state index is 0.795. The van der Waals surface area contributed by atoms with Crippen LogP contribution in [0.1, 0.15) is 5.82 Å². The standard InChI is InChI=1S/C16H15N5S/c1-11-20-13-4-2-3-5-14(13)21(11)8-7-17-15-12-6-9-22-16(12)19-10-18-15/h2-6,9-10H,7-8H2,1H3,(H,17,18,19). The number of para-hydroxylation sites is 2. The molecule has 3 heterocycles. The van der Waals surface area contributed by atoms with Crippen molar-refractivity contribution in [3.63, 3.8) is 0 Å². The number of aryl methyl sites for hydroxylation is 1. The van der Waals surface area contributed by atoms with Crippen LogP contribution in [0.25, 0.3) is 21.3 Å². The Morgan fingerprint density at radius 2 is 2.09 bits per heavy atom. The summed E-state index contributed by atoms with van der Waals surface area (Å²) < 4.78 is 2.23. The molecule has 0 amide bonds. The topological polar surface area (TPSA) is 55.6 Å². The quantitative estimate of drug-likeness (QED) is 0.627. The molecular formula is C16H15N5S. The van der Waals surface area contributed by atoms with Gasteiger partial charge in [-0.15, -0.1) is 11.3 Å². The van der Waals surface area contributed by atoms with Gasteiger partial charge in [0.1, 0.15) is 22.8 Å². The molecule has 6 heteroatoms. The number of fused-ring (bicyclic) bond motifs is 2. The van der Waals surface area contributed by atoms with Crippen molar-refractivity contribution in [2.24, 2.45) is 0 Å². The zero-order valence-electron chi connectivity index (χ0n) is 12.2. The summed E-state index contributed by atoms with van der Waals surface area (Å²) in [6.07, 6.45) is 1.61. The van der Waals surface area contributed by atoms with E-state index in [1.165, 1.54) is 5.52 Å². The summed E-state index contributed by atoms with van der Waals surface area (Å²) in [7, 11) is 0. The fraction of sp³-hybridized carbons (Fsp3) is 0.188. The smallest absolute Gasteiger partial charge is 0.138 e. The van der Waals surface area contributed by atoms with Crippen molar-refractivity contribution in [1.82, 2.24) is 19.5 Å². The molecule has 4 aromatic rings. The molecular weight excluding hydrogens is 294 g/mol. The zero-order chi connectivity index (χ0) is 14.9. The van der Waals surface area contributed by atoms with E-state index in [0.717, 1.165) is 40.5 Å². The summed E-state index contributed by atoms with van der Waals surface area (Å²) in [6.45, 7) is 3.69. The highest BCUT2D eigenvalue weighted by Crippen LogP contribution is 2.23. The van der Waals surface area contributed by atoms with E-state index in [2.05, 4.69) is 37.0 Å². The summed E-state index contributed by atoms with van der Waals surface area (Å²) in [4.78, 5) is 14.2. The lowest BCUT2D eigenvalue weighted by Crippen LogP contribution is -2.12. The fourth-order valence-electron chi connectivity index (χ4n) is 2.70. The third kappa shape index (κ3) is 2.21. The van der Waals surface area contributed by atoms with Gasteiger partial charge in [-0.25, -0.2) is 15.0 Å². The highest BCUT2D eigenvalue weighted by molar-refractivity contribution is 7.16. The SMILES string of the molecule is Cc1nc2ccccc2n1CCNc1ncnc2sccc12. The number of thiophene rings is 1. The molecule has 4 rings (SSSR count). The Labute approximate surface area is 131 Å². The van der Waals surface area contributed by atoms with Gasteiger partial charge in [0.2, 0.25) is 0 Å². The molecule has 1 aromatic carbocycles. The van der Waals surface area contributed by atoms with E-state index in [-0.39, 0.29) is 0 Å². The number of rotatable bonds is 4.